The molecule has 25 heavy (non-hydrogen) atoms. The highest BCUT2D eigenvalue weighted by atomic mass is 79.9. The van der Waals surface area contributed by atoms with E-state index in [0.717, 1.165) is 41.8 Å². The molecule has 0 spiro atoms. The minimum atomic E-state index is 0.288. The molecule has 0 aliphatic carbocycles. The van der Waals surface area contributed by atoms with Gasteiger partial charge >= 0.3 is 0 Å². The van der Waals surface area contributed by atoms with E-state index in [1.54, 1.807) is 0 Å². The van der Waals surface area contributed by atoms with Crippen LogP contribution in [0, 0.1) is 0 Å². The third-order valence-electron chi connectivity index (χ3n) is 4.28. The second kappa shape index (κ2) is 9.01. The Morgan fingerprint density at radius 3 is 2.92 bits per heavy atom. The van der Waals surface area contributed by atoms with Gasteiger partial charge in [0.25, 0.3) is 0 Å². The number of halogens is 2. The number of ether oxygens (including phenoxy) is 1. The zero-order valence-corrected chi connectivity index (χ0v) is 16.3. The van der Waals surface area contributed by atoms with Gasteiger partial charge in [0.2, 0.25) is 0 Å². The predicted octanol–water partition coefficient (Wildman–Crippen LogP) is 3.46. The van der Waals surface area contributed by atoms with Crippen molar-refractivity contribution >= 4 is 27.5 Å². The first kappa shape index (κ1) is 18.7. The van der Waals surface area contributed by atoms with E-state index in [2.05, 4.69) is 38.7 Å². The maximum atomic E-state index is 5.97. The Labute approximate surface area is 162 Å². The van der Waals surface area contributed by atoms with Crippen LogP contribution in [0.5, 0.6) is 5.75 Å². The Morgan fingerprint density at radius 1 is 1.28 bits per heavy atom. The molecule has 2 aromatic carbocycles. The highest BCUT2D eigenvalue weighted by Gasteiger charge is 2.19. The second-order valence-electron chi connectivity index (χ2n) is 6.40. The van der Waals surface area contributed by atoms with Crippen LogP contribution < -0.4 is 21.1 Å². The summed E-state index contributed by atoms with van der Waals surface area (Å²) in [6, 6.07) is 14.6. The van der Waals surface area contributed by atoms with Gasteiger partial charge < -0.3 is 21.1 Å². The summed E-state index contributed by atoms with van der Waals surface area (Å²) >= 11 is 9.49. The summed E-state index contributed by atoms with van der Waals surface area (Å²) in [6.45, 7) is 3.15. The SMILES string of the molecule is N[C@@H]1CN[C@@H](CNCc2cccc(OCc3ccc(Cl)cc3Br)c2)C1. The minimum absolute atomic E-state index is 0.288. The first-order chi connectivity index (χ1) is 12.1. The van der Waals surface area contributed by atoms with Gasteiger partial charge in [0.05, 0.1) is 0 Å². The summed E-state index contributed by atoms with van der Waals surface area (Å²) in [6.07, 6.45) is 1.03. The van der Waals surface area contributed by atoms with Crippen LogP contribution in [0.2, 0.25) is 5.02 Å². The van der Waals surface area contributed by atoms with Gasteiger partial charge in [-0.3, -0.25) is 0 Å². The Hall–Kier alpha value is -1.11. The van der Waals surface area contributed by atoms with Gasteiger partial charge in [-0.15, -0.1) is 0 Å². The zero-order valence-electron chi connectivity index (χ0n) is 14.0. The molecule has 4 N–H and O–H groups in total. The number of hydrogen-bond donors (Lipinski definition) is 3. The van der Waals surface area contributed by atoms with Crippen molar-refractivity contribution in [3.63, 3.8) is 0 Å². The number of rotatable bonds is 7. The molecule has 2 atom stereocenters. The molecule has 1 fully saturated rings. The largest absolute Gasteiger partial charge is 0.489 e. The maximum absolute atomic E-state index is 5.97. The molecule has 2 aromatic rings. The van der Waals surface area contributed by atoms with E-state index < -0.39 is 0 Å². The van der Waals surface area contributed by atoms with Gasteiger partial charge in [-0.2, -0.15) is 0 Å². The van der Waals surface area contributed by atoms with Gasteiger partial charge in [0.15, 0.2) is 0 Å². The van der Waals surface area contributed by atoms with Crippen LogP contribution in [0.15, 0.2) is 46.9 Å². The van der Waals surface area contributed by atoms with Crippen molar-refractivity contribution in [2.75, 3.05) is 13.1 Å². The average Bonchev–Trinajstić information content (AvgIpc) is 3.00. The third-order valence-corrected chi connectivity index (χ3v) is 5.26. The van der Waals surface area contributed by atoms with E-state index >= 15 is 0 Å². The first-order valence-electron chi connectivity index (χ1n) is 8.45. The van der Waals surface area contributed by atoms with E-state index in [-0.39, 0.29) is 6.04 Å². The molecular weight excluding hydrogens is 402 g/mol. The fourth-order valence-corrected chi connectivity index (χ4v) is 3.74. The Morgan fingerprint density at radius 2 is 2.16 bits per heavy atom. The van der Waals surface area contributed by atoms with Gasteiger partial charge in [-0.1, -0.05) is 45.7 Å². The van der Waals surface area contributed by atoms with Crippen LogP contribution in [0.25, 0.3) is 0 Å². The molecule has 0 aromatic heterocycles. The van der Waals surface area contributed by atoms with Crippen molar-refractivity contribution in [2.24, 2.45) is 5.73 Å². The van der Waals surface area contributed by atoms with Crippen molar-refractivity contribution in [3.8, 4) is 5.75 Å². The smallest absolute Gasteiger partial charge is 0.120 e. The molecular formula is C19H23BrClN3O. The number of nitrogens with one attached hydrogen (secondary N) is 2. The van der Waals surface area contributed by atoms with Crippen molar-refractivity contribution in [1.29, 1.82) is 0 Å². The molecule has 0 saturated carbocycles. The lowest BCUT2D eigenvalue weighted by molar-refractivity contribution is 0.305. The summed E-state index contributed by atoms with van der Waals surface area (Å²) in [7, 11) is 0. The number of hydrogen-bond acceptors (Lipinski definition) is 4. The Bertz CT molecular complexity index is 713. The predicted molar refractivity (Wildman–Crippen MR) is 106 cm³/mol. The minimum Gasteiger partial charge on any atom is -0.489 e. The molecule has 4 nitrogen and oxygen atoms in total. The number of nitrogens with two attached hydrogens (primary N) is 1. The van der Waals surface area contributed by atoms with Crippen molar-refractivity contribution < 1.29 is 4.74 Å². The Balaban J connectivity index is 1.49. The molecule has 0 radical (unpaired) electrons. The van der Waals surface area contributed by atoms with Gasteiger partial charge in [0.1, 0.15) is 12.4 Å². The molecule has 1 aliphatic rings. The van der Waals surface area contributed by atoms with E-state index in [4.69, 9.17) is 22.1 Å². The average molecular weight is 425 g/mol. The highest BCUT2D eigenvalue weighted by molar-refractivity contribution is 9.10. The molecule has 6 heteroatoms. The van der Waals surface area contributed by atoms with E-state index in [1.165, 1.54) is 5.56 Å². The van der Waals surface area contributed by atoms with Gasteiger partial charge in [-0.05, 0) is 36.2 Å². The number of benzene rings is 2. The third kappa shape index (κ3) is 5.69. The second-order valence-corrected chi connectivity index (χ2v) is 7.69. The molecule has 0 unspecified atom stereocenters. The van der Waals surface area contributed by atoms with Crippen LogP contribution >= 0.6 is 27.5 Å². The summed E-state index contributed by atoms with van der Waals surface area (Å²) in [5, 5.41) is 7.62. The molecule has 1 aliphatic heterocycles. The fraction of sp³-hybridized carbons (Fsp3) is 0.368. The standard InChI is InChI=1S/C19H23BrClN3O/c20-19-7-15(21)5-4-14(19)12-25-18-3-1-2-13(6-18)9-23-11-17-8-16(22)10-24-17/h1-7,16-17,23-24H,8-12,22H2/t16-,17+/m0/s1. The quantitative estimate of drug-likeness (QED) is 0.637. The van der Waals surface area contributed by atoms with Crippen LogP contribution in [0.4, 0.5) is 0 Å². The lowest BCUT2D eigenvalue weighted by Gasteiger charge is -2.13. The molecule has 1 heterocycles. The summed E-state index contributed by atoms with van der Waals surface area (Å²) in [5.74, 6) is 0.863. The monoisotopic (exact) mass is 423 g/mol. The van der Waals surface area contributed by atoms with Crippen molar-refractivity contribution in [3.05, 3.63) is 63.1 Å². The Kier molecular flexibility index (Phi) is 6.73. The molecule has 3 rings (SSSR count). The van der Waals surface area contributed by atoms with E-state index in [9.17, 15) is 0 Å². The zero-order chi connectivity index (χ0) is 17.6. The summed E-state index contributed by atoms with van der Waals surface area (Å²) in [5.41, 5.74) is 8.18. The summed E-state index contributed by atoms with van der Waals surface area (Å²) in [4.78, 5) is 0. The van der Waals surface area contributed by atoms with Gasteiger partial charge in [-0.25, -0.2) is 0 Å². The lowest BCUT2D eigenvalue weighted by atomic mass is 10.1. The fourth-order valence-electron chi connectivity index (χ4n) is 2.94. The first-order valence-corrected chi connectivity index (χ1v) is 9.62. The topological polar surface area (TPSA) is 59.3 Å². The van der Waals surface area contributed by atoms with E-state index in [0.29, 0.717) is 17.7 Å². The normalized spacial score (nSPS) is 20.0. The maximum Gasteiger partial charge on any atom is 0.120 e. The molecule has 134 valence electrons. The molecule has 1 saturated heterocycles. The van der Waals surface area contributed by atoms with Crippen LogP contribution in [0.3, 0.4) is 0 Å². The van der Waals surface area contributed by atoms with Gasteiger partial charge in [0, 0.05) is 46.8 Å². The van der Waals surface area contributed by atoms with Crippen LogP contribution in [-0.2, 0) is 13.2 Å². The van der Waals surface area contributed by atoms with Crippen molar-refractivity contribution in [1.82, 2.24) is 10.6 Å². The van der Waals surface area contributed by atoms with Crippen molar-refractivity contribution in [2.45, 2.75) is 31.7 Å². The highest BCUT2D eigenvalue weighted by Crippen LogP contribution is 2.23. The lowest BCUT2D eigenvalue weighted by Crippen LogP contribution is -2.33. The van der Waals surface area contributed by atoms with Crippen LogP contribution in [0.1, 0.15) is 17.5 Å². The summed E-state index contributed by atoms with van der Waals surface area (Å²) < 4.78 is 6.88. The van der Waals surface area contributed by atoms with E-state index in [1.807, 2.05) is 30.3 Å². The molecule has 0 amide bonds. The van der Waals surface area contributed by atoms with Crippen LogP contribution in [-0.4, -0.2) is 25.2 Å². The molecule has 0 bridgehead atoms.